The van der Waals surface area contributed by atoms with Crippen LogP contribution >= 0.6 is 0 Å². The minimum Gasteiger partial charge on any atom is -0.422 e. The number of benzene rings is 3. The number of aromatic nitrogens is 6. The fourth-order valence-electron chi connectivity index (χ4n) is 4.23. The van der Waals surface area contributed by atoms with E-state index in [-0.39, 0.29) is 18.0 Å². The molecule has 0 radical (unpaired) electrons. The van der Waals surface area contributed by atoms with Crippen LogP contribution in [0.5, 0.6) is 35.3 Å². The van der Waals surface area contributed by atoms with Gasteiger partial charge in [-0.15, -0.1) is 15.0 Å². The Morgan fingerprint density at radius 1 is 0.359 bits per heavy atom. The average molecular weight is 511 g/mol. The van der Waals surface area contributed by atoms with Gasteiger partial charge in [-0.05, 0) is 36.4 Å². The van der Waals surface area contributed by atoms with Gasteiger partial charge in [0.25, 0.3) is 0 Å². The third-order valence-electron chi connectivity index (χ3n) is 5.96. The van der Waals surface area contributed by atoms with E-state index in [1.165, 1.54) is 0 Å². The van der Waals surface area contributed by atoms with Crippen LogP contribution in [0.1, 0.15) is 0 Å². The lowest BCUT2D eigenvalue weighted by molar-refractivity contribution is 0.365. The second kappa shape index (κ2) is 9.64. The normalized spacial score (nSPS) is 11.1. The molecule has 4 aromatic heterocycles. The first-order chi connectivity index (χ1) is 19.3. The maximum Gasteiger partial charge on any atom is 0.331 e. The van der Waals surface area contributed by atoms with E-state index in [0.29, 0.717) is 33.8 Å². The SMILES string of the molecule is c1cnc2c(Oc3nc(Oc4cccc5cccnc45)nc(Oc4cccc5cccnc45)n3)cccc2c1. The van der Waals surface area contributed by atoms with Gasteiger partial charge in [-0.3, -0.25) is 15.0 Å². The number of hydrogen-bond donors (Lipinski definition) is 0. The Morgan fingerprint density at radius 3 is 1.00 bits per heavy atom. The minimum atomic E-state index is -0.0189. The van der Waals surface area contributed by atoms with Crippen LogP contribution in [0.15, 0.2) is 110 Å². The molecule has 7 rings (SSSR count). The molecule has 0 aliphatic heterocycles. The van der Waals surface area contributed by atoms with Crippen LogP contribution in [0.25, 0.3) is 32.7 Å². The van der Waals surface area contributed by atoms with Crippen molar-refractivity contribution in [3.8, 4) is 35.3 Å². The Labute approximate surface area is 221 Å². The molecule has 186 valence electrons. The number of para-hydroxylation sites is 3. The van der Waals surface area contributed by atoms with Crippen LogP contribution in [-0.2, 0) is 0 Å². The van der Waals surface area contributed by atoms with Crippen molar-refractivity contribution in [3.05, 3.63) is 110 Å². The van der Waals surface area contributed by atoms with Crippen LogP contribution in [0.4, 0.5) is 0 Å². The van der Waals surface area contributed by atoms with Crippen LogP contribution in [0.3, 0.4) is 0 Å². The fraction of sp³-hybridized carbons (Fsp3) is 0. The van der Waals surface area contributed by atoms with E-state index in [1.54, 1.807) is 36.8 Å². The molecule has 0 atom stereocenters. The first-order valence-electron chi connectivity index (χ1n) is 12.1. The molecule has 9 heteroatoms. The van der Waals surface area contributed by atoms with Gasteiger partial charge in [-0.2, -0.15) is 0 Å². The third-order valence-corrected chi connectivity index (χ3v) is 5.96. The van der Waals surface area contributed by atoms with Crippen molar-refractivity contribution in [3.63, 3.8) is 0 Å². The lowest BCUT2D eigenvalue weighted by Crippen LogP contribution is -2.02. The highest BCUT2D eigenvalue weighted by Crippen LogP contribution is 2.33. The summed E-state index contributed by atoms with van der Waals surface area (Å²) in [6.45, 7) is 0. The summed E-state index contributed by atoms with van der Waals surface area (Å²) in [6, 6.07) is 28.3. The maximum atomic E-state index is 6.11. The summed E-state index contributed by atoms with van der Waals surface area (Å²) in [5.74, 6) is 1.44. The van der Waals surface area contributed by atoms with Gasteiger partial charge in [-0.1, -0.05) is 54.6 Å². The van der Waals surface area contributed by atoms with E-state index < -0.39 is 0 Å². The Kier molecular flexibility index (Phi) is 5.56. The minimum absolute atomic E-state index is 0.0189. The number of rotatable bonds is 6. The van der Waals surface area contributed by atoms with Gasteiger partial charge in [-0.25, -0.2) is 0 Å². The quantitative estimate of drug-likeness (QED) is 0.236. The van der Waals surface area contributed by atoms with Crippen molar-refractivity contribution in [1.82, 2.24) is 29.9 Å². The van der Waals surface area contributed by atoms with Crippen molar-refractivity contribution in [2.75, 3.05) is 0 Å². The Bertz CT molecular complexity index is 1730. The summed E-state index contributed by atoms with van der Waals surface area (Å²) in [5, 5.41) is 2.75. The lowest BCUT2D eigenvalue weighted by Gasteiger charge is -2.11. The van der Waals surface area contributed by atoms with Crippen LogP contribution in [0.2, 0.25) is 0 Å². The summed E-state index contributed by atoms with van der Waals surface area (Å²) in [7, 11) is 0. The summed E-state index contributed by atoms with van der Waals surface area (Å²) in [6.07, 6.45) is 5.10. The Hall–Kier alpha value is -5.70. The van der Waals surface area contributed by atoms with E-state index in [9.17, 15) is 0 Å². The van der Waals surface area contributed by atoms with Gasteiger partial charge in [0.05, 0.1) is 0 Å². The summed E-state index contributed by atoms with van der Waals surface area (Å²) < 4.78 is 18.3. The molecule has 39 heavy (non-hydrogen) atoms. The highest BCUT2D eigenvalue weighted by Gasteiger charge is 2.16. The zero-order valence-corrected chi connectivity index (χ0v) is 20.3. The highest BCUT2D eigenvalue weighted by molar-refractivity contribution is 5.86. The molecule has 3 aromatic carbocycles. The lowest BCUT2D eigenvalue weighted by atomic mass is 10.2. The zero-order chi connectivity index (χ0) is 26.0. The number of hydrogen-bond acceptors (Lipinski definition) is 9. The summed E-state index contributed by atoms with van der Waals surface area (Å²) in [4.78, 5) is 26.6. The first-order valence-corrected chi connectivity index (χ1v) is 12.1. The van der Waals surface area contributed by atoms with E-state index in [4.69, 9.17) is 14.2 Å². The second-order valence-electron chi connectivity index (χ2n) is 8.48. The molecule has 0 unspecified atom stereocenters. The number of nitrogens with zero attached hydrogens (tertiary/aromatic N) is 6. The van der Waals surface area contributed by atoms with E-state index in [2.05, 4.69) is 29.9 Å². The fourth-order valence-corrected chi connectivity index (χ4v) is 4.23. The first kappa shape index (κ1) is 22.5. The van der Waals surface area contributed by atoms with E-state index in [0.717, 1.165) is 16.2 Å². The molecule has 9 nitrogen and oxygen atoms in total. The van der Waals surface area contributed by atoms with E-state index >= 15 is 0 Å². The average Bonchev–Trinajstić information content (AvgIpc) is 2.98. The largest absolute Gasteiger partial charge is 0.422 e. The molecule has 0 aliphatic rings. The number of fused-ring (bicyclic) bond motifs is 3. The molecular weight excluding hydrogens is 492 g/mol. The molecular formula is C30H18N6O3. The van der Waals surface area contributed by atoms with Crippen LogP contribution in [0, 0.1) is 0 Å². The number of ether oxygens (including phenoxy) is 3. The molecule has 0 N–H and O–H groups in total. The standard InChI is InChI=1S/C30H18N6O3/c1-7-19-10-4-16-31-25(19)22(13-1)37-28-34-29(38-23-14-2-8-20-11-5-17-32-26(20)23)36-30(35-28)39-24-15-3-9-21-12-6-18-33-27(21)24/h1-18H. The predicted octanol–water partition coefficient (Wildman–Crippen LogP) is 6.89. The highest BCUT2D eigenvalue weighted by atomic mass is 16.5. The van der Waals surface area contributed by atoms with E-state index in [1.807, 2.05) is 72.8 Å². The van der Waals surface area contributed by atoms with Crippen molar-refractivity contribution in [1.29, 1.82) is 0 Å². The molecule has 0 saturated heterocycles. The summed E-state index contributed by atoms with van der Waals surface area (Å²) >= 11 is 0. The van der Waals surface area contributed by atoms with Gasteiger partial charge in [0.2, 0.25) is 0 Å². The molecule has 0 spiro atoms. The van der Waals surface area contributed by atoms with Gasteiger partial charge in [0, 0.05) is 34.7 Å². The molecule has 4 heterocycles. The summed E-state index contributed by atoms with van der Waals surface area (Å²) in [5.41, 5.74) is 2.01. The van der Waals surface area contributed by atoms with Gasteiger partial charge < -0.3 is 14.2 Å². The van der Waals surface area contributed by atoms with Gasteiger partial charge >= 0.3 is 18.0 Å². The molecule has 0 bridgehead atoms. The molecule has 0 fully saturated rings. The third kappa shape index (κ3) is 4.49. The van der Waals surface area contributed by atoms with Crippen molar-refractivity contribution in [2.45, 2.75) is 0 Å². The number of pyridine rings is 3. The van der Waals surface area contributed by atoms with Crippen molar-refractivity contribution in [2.24, 2.45) is 0 Å². The molecule has 7 aromatic rings. The molecule has 0 amide bonds. The molecule has 0 saturated carbocycles. The van der Waals surface area contributed by atoms with Crippen LogP contribution in [-0.4, -0.2) is 29.9 Å². The van der Waals surface area contributed by atoms with Crippen molar-refractivity contribution >= 4 is 32.7 Å². The monoisotopic (exact) mass is 510 g/mol. The van der Waals surface area contributed by atoms with Crippen molar-refractivity contribution < 1.29 is 14.2 Å². The smallest absolute Gasteiger partial charge is 0.331 e. The Balaban J connectivity index is 1.32. The maximum absolute atomic E-state index is 6.11. The van der Waals surface area contributed by atoms with Gasteiger partial charge in [0.15, 0.2) is 17.2 Å². The predicted molar refractivity (Wildman–Crippen MR) is 145 cm³/mol. The van der Waals surface area contributed by atoms with Crippen LogP contribution < -0.4 is 14.2 Å². The zero-order valence-electron chi connectivity index (χ0n) is 20.3. The second-order valence-corrected chi connectivity index (χ2v) is 8.48. The molecule has 0 aliphatic carbocycles. The Morgan fingerprint density at radius 2 is 0.667 bits per heavy atom. The topological polar surface area (TPSA) is 105 Å². The van der Waals surface area contributed by atoms with Gasteiger partial charge in [0.1, 0.15) is 16.6 Å².